The monoisotopic (exact) mass is 335 g/mol. The maximum atomic E-state index is 6.18. The Kier molecular flexibility index (Phi) is 5.18. The summed E-state index contributed by atoms with van der Waals surface area (Å²) in [5, 5.41) is 0.762. The van der Waals surface area contributed by atoms with Crippen molar-refractivity contribution >= 4 is 39.3 Å². The molecule has 2 N–H and O–H groups in total. The van der Waals surface area contributed by atoms with Crippen LogP contribution in [0.15, 0.2) is 22.7 Å². The maximum absolute atomic E-state index is 6.18. The van der Waals surface area contributed by atoms with Crippen LogP contribution in [0.4, 0.5) is 0 Å². The van der Waals surface area contributed by atoms with Crippen LogP contribution in [-0.2, 0) is 11.2 Å². The first-order chi connectivity index (χ1) is 8.16. The van der Waals surface area contributed by atoms with E-state index in [-0.39, 0.29) is 12.1 Å². The topological polar surface area (TPSA) is 35.2 Å². The Morgan fingerprint density at radius 2 is 2.41 bits per heavy atom. The Morgan fingerprint density at radius 3 is 3.06 bits per heavy atom. The minimum atomic E-state index is 0.0153. The third-order valence-electron chi connectivity index (χ3n) is 2.79. The lowest BCUT2D eigenvalue weighted by Crippen LogP contribution is -2.42. The van der Waals surface area contributed by atoms with Gasteiger partial charge in [-0.2, -0.15) is 11.8 Å². The Hall–Kier alpha value is 0.260. The normalized spacial score (nSPS) is 22.4. The van der Waals surface area contributed by atoms with Crippen molar-refractivity contribution in [1.82, 2.24) is 0 Å². The van der Waals surface area contributed by atoms with Gasteiger partial charge in [0.2, 0.25) is 0 Å². The lowest BCUT2D eigenvalue weighted by Gasteiger charge is -2.27. The molecule has 5 heteroatoms. The van der Waals surface area contributed by atoms with Gasteiger partial charge in [0.15, 0.2) is 0 Å². The molecule has 1 saturated heterocycles. The van der Waals surface area contributed by atoms with Crippen molar-refractivity contribution in [3.8, 4) is 0 Å². The summed E-state index contributed by atoms with van der Waals surface area (Å²) in [5.41, 5.74) is 7.26. The second-order valence-corrected chi connectivity index (χ2v) is 6.56. The van der Waals surface area contributed by atoms with Crippen molar-refractivity contribution in [3.63, 3.8) is 0 Å². The van der Waals surface area contributed by atoms with Crippen molar-refractivity contribution in [3.05, 3.63) is 33.3 Å². The Bertz CT molecular complexity index is 385. The average molecular weight is 337 g/mol. The highest BCUT2D eigenvalue weighted by atomic mass is 79.9. The van der Waals surface area contributed by atoms with Gasteiger partial charge in [-0.15, -0.1) is 0 Å². The summed E-state index contributed by atoms with van der Waals surface area (Å²) in [7, 11) is 0. The van der Waals surface area contributed by atoms with Gasteiger partial charge in [0.25, 0.3) is 0 Å². The minimum absolute atomic E-state index is 0.0153. The number of nitrogens with two attached hydrogens (primary N) is 1. The van der Waals surface area contributed by atoms with Crippen LogP contribution in [0.5, 0.6) is 0 Å². The molecule has 0 bridgehead atoms. The molecule has 0 radical (unpaired) electrons. The van der Waals surface area contributed by atoms with Crippen LogP contribution < -0.4 is 5.73 Å². The summed E-state index contributed by atoms with van der Waals surface area (Å²) in [4.78, 5) is 0. The Balaban J connectivity index is 1.99. The predicted molar refractivity (Wildman–Crippen MR) is 77.9 cm³/mol. The molecule has 0 aromatic heterocycles. The van der Waals surface area contributed by atoms with E-state index < -0.39 is 0 Å². The first kappa shape index (κ1) is 13.7. The van der Waals surface area contributed by atoms with Gasteiger partial charge < -0.3 is 10.5 Å². The van der Waals surface area contributed by atoms with E-state index in [0.717, 1.165) is 39.6 Å². The van der Waals surface area contributed by atoms with Crippen molar-refractivity contribution in [2.45, 2.75) is 18.6 Å². The fourth-order valence-electron chi connectivity index (χ4n) is 1.83. The maximum Gasteiger partial charge on any atom is 0.0819 e. The van der Waals surface area contributed by atoms with Crippen molar-refractivity contribution < 1.29 is 4.74 Å². The van der Waals surface area contributed by atoms with Crippen molar-refractivity contribution in [2.24, 2.45) is 5.73 Å². The molecule has 0 saturated carbocycles. The number of thioether (sulfide) groups is 1. The van der Waals surface area contributed by atoms with Crippen LogP contribution in [0.3, 0.4) is 0 Å². The first-order valence-electron chi connectivity index (χ1n) is 5.55. The smallest absolute Gasteiger partial charge is 0.0819 e. The van der Waals surface area contributed by atoms with E-state index in [2.05, 4.69) is 15.9 Å². The van der Waals surface area contributed by atoms with Gasteiger partial charge in [-0.3, -0.25) is 0 Å². The molecule has 17 heavy (non-hydrogen) atoms. The van der Waals surface area contributed by atoms with Crippen LogP contribution >= 0.6 is 39.3 Å². The summed E-state index contributed by atoms with van der Waals surface area (Å²) in [5.74, 6) is 2.05. The van der Waals surface area contributed by atoms with E-state index >= 15 is 0 Å². The number of rotatable bonds is 3. The van der Waals surface area contributed by atoms with Crippen molar-refractivity contribution in [1.29, 1.82) is 0 Å². The van der Waals surface area contributed by atoms with Crippen LogP contribution in [0, 0.1) is 0 Å². The highest BCUT2D eigenvalue weighted by molar-refractivity contribution is 9.10. The average Bonchev–Trinajstić information content (AvgIpc) is 2.34. The molecule has 0 amide bonds. The van der Waals surface area contributed by atoms with E-state index in [1.807, 2.05) is 30.0 Å². The lowest BCUT2D eigenvalue weighted by molar-refractivity contribution is 0.0572. The number of benzene rings is 1. The van der Waals surface area contributed by atoms with E-state index in [9.17, 15) is 0 Å². The molecule has 2 atom stereocenters. The molecule has 2 unspecified atom stereocenters. The van der Waals surface area contributed by atoms with Crippen LogP contribution in [0.1, 0.15) is 5.56 Å². The van der Waals surface area contributed by atoms with Gasteiger partial charge >= 0.3 is 0 Å². The predicted octanol–water partition coefficient (Wildman–Crippen LogP) is 3.10. The zero-order valence-electron chi connectivity index (χ0n) is 9.36. The van der Waals surface area contributed by atoms with E-state index in [1.165, 1.54) is 0 Å². The van der Waals surface area contributed by atoms with Crippen LogP contribution in [0.2, 0.25) is 5.02 Å². The molecule has 1 aromatic carbocycles. The van der Waals surface area contributed by atoms with Gasteiger partial charge in [-0.05, 0) is 24.1 Å². The third-order valence-corrected chi connectivity index (χ3v) is 4.65. The van der Waals surface area contributed by atoms with E-state index in [0.29, 0.717) is 0 Å². The van der Waals surface area contributed by atoms with Gasteiger partial charge in [0.05, 0.1) is 12.7 Å². The van der Waals surface area contributed by atoms with Gasteiger partial charge in [-0.25, -0.2) is 0 Å². The second kappa shape index (κ2) is 6.43. The number of hydrogen-bond acceptors (Lipinski definition) is 3. The fraction of sp³-hybridized carbons (Fsp3) is 0.500. The molecular formula is C12H15BrClNOS. The molecule has 2 nitrogen and oxygen atoms in total. The van der Waals surface area contributed by atoms with E-state index in [4.69, 9.17) is 22.1 Å². The van der Waals surface area contributed by atoms with Gasteiger partial charge in [-0.1, -0.05) is 33.6 Å². The fourth-order valence-corrected chi connectivity index (χ4v) is 3.53. The molecule has 1 aliphatic heterocycles. The second-order valence-electron chi connectivity index (χ2n) is 4.09. The zero-order valence-corrected chi connectivity index (χ0v) is 12.5. The first-order valence-corrected chi connectivity index (χ1v) is 7.88. The minimum Gasteiger partial charge on any atom is -0.375 e. The molecule has 1 aliphatic rings. The molecular weight excluding hydrogens is 322 g/mol. The molecule has 1 heterocycles. The molecule has 1 aromatic rings. The quantitative estimate of drug-likeness (QED) is 0.921. The van der Waals surface area contributed by atoms with Crippen LogP contribution in [-0.4, -0.2) is 30.3 Å². The zero-order chi connectivity index (χ0) is 12.3. The molecule has 1 fully saturated rings. The lowest BCUT2D eigenvalue weighted by atomic mass is 10.0. The summed E-state index contributed by atoms with van der Waals surface area (Å²) >= 11 is 11.5. The summed E-state index contributed by atoms with van der Waals surface area (Å²) < 4.78 is 6.67. The van der Waals surface area contributed by atoms with Crippen molar-refractivity contribution in [2.75, 3.05) is 18.1 Å². The van der Waals surface area contributed by atoms with Crippen LogP contribution in [0.25, 0.3) is 0 Å². The third kappa shape index (κ3) is 3.86. The van der Waals surface area contributed by atoms with E-state index in [1.54, 1.807) is 0 Å². The number of halogens is 2. The summed E-state index contributed by atoms with van der Waals surface area (Å²) in [6, 6.07) is 5.92. The summed E-state index contributed by atoms with van der Waals surface area (Å²) in [6.07, 6.45) is 0.908. The Labute approximate surface area is 119 Å². The molecule has 0 aliphatic carbocycles. The van der Waals surface area contributed by atoms with Gasteiger partial charge in [0, 0.05) is 27.0 Å². The molecule has 94 valence electrons. The highest BCUT2D eigenvalue weighted by Crippen LogP contribution is 2.24. The van der Waals surface area contributed by atoms with Gasteiger partial charge in [0.1, 0.15) is 0 Å². The largest absolute Gasteiger partial charge is 0.375 e. The highest BCUT2D eigenvalue weighted by Gasteiger charge is 2.22. The Morgan fingerprint density at radius 1 is 1.59 bits per heavy atom. The summed E-state index contributed by atoms with van der Waals surface area (Å²) in [6.45, 7) is 0.803. The SMILES string of the molecule is NC(Cc1ccc(Br)cc1Cl)C1CSCCO1. The standard InChI is InChI=1S/C12H15BrClNOS/c13-9-2-1-8(10(14)6-9)5-11(15)12-7-17-4-3-16-12/h1-2,6,11-12H,3-5,7,15H2. The number of hydrogen-bond donors (Lipinski definition) is 1. The molecule has 2 rings (SSSR count). The molecule has 0 spiro atoms. The number of ether oxygens (including phenoxy) is 1.